The first-order chi connectivity index (χ1) is 6.60. The second-order valence-electron chi connectivity index (χ2n) is 3.81. The summed E-state index contributed by atoms with van der Waals surface area (Å²) in [5.74, 6) is 1.47. The first-order valence-electron chi connectivity index (χ1n) is 4.96. The van der Waals surface area contributed by atoms with Gasteiger partial charge in [0.05, 0.1) is 7.11 Å². The van der Waals surface area contributed by atoms with E-state index in [1.165, 1.54) is 16.8 Å². The smallest absolute Gasteiger partial charge is 0.122 e. The van der Waals surface area contributed by atoms with Gasteiger partial charge in [-0.1, -0.05) is 13.8 Å². The molecule has 0 saturated heterocycles. The molecule has 0 radical (unpaired) electrons. The number of nitrogens with one attached hydrogen (secondary N) is 1. The molecule has 1 aromatic rings. The molecule has 0 aromatic heterocycles. The highest BCUT2D eigenvalue weighted by atomic mass is 16.5. The second kappa shape index (κ2) is 4.36. The summed E-state index contributed by atoms with van der Waals surface area (Å²) in [4.78, 5) is 0. The Hall–Kier alpha value is -1.18. The summed E-state index contributed by atoms with van der Waals surface area (Å²) in [7, 11) is 3.67. The van der Waals surface area contributed by atoms with Crippen LogP contribution in [0.1, 0.15) is 30.9 Å². The van der Waals surface area contributed by atoms with Crippen LogP contribution in [0.5, 0.6) is 5.75 Å². The highest BCUT2D eigenvalue weighted by molar-refractivity contribution is 5.57. The number of hydrogen-bond donors (Lipinski definition) is 1. The third kappa shape index (κ3) is 2.00. The first kappa shape index (κ1) is 10.9. The van der Waals surface area contributed by atoms with Gasteiger partial charge in [-0.15, -0.1) is 0 Å². The highest BCUT2D eigenvalue weighted by Crippen LogP contribution is 2.31. The summed E-state index contributed by atoms with van der Waals surface area (Å²) in [6.45, 7) is 6.43. The van der Waals surface area contributed by atoms with Crippen LogP contribution in [-0.4, -0.2) is 14.2 Å². The lowest BCUT2D eigenvalue weighted by Crippen LogP contribution is -1.99. The van der Waals surface area contributed by atoms with Gasteiger partial charge < -0.3 is 10.1 Å². The molecule has 0 aliphatic rings. The van der Waals surface area contributed by atoms with Gasteiger partial charge in [-0.05, 0) is 36.1 Å². The van der Waals surface area contributed by atoms with Crippen LogP contribution < -0.4 is 10.1 Å². The van der Waals surface area contributed by atoms with Crippen LogP contribution in [0.15, 0.2) is 12.1 Å². The van der Waals surface area contributed by atoms with E-state index in [-0.39, 0.29) is 0 Å². The summed E-state index contributed by atoms with van der Waals surface area (Å²) in [6, 6.07) is 4.25. The number of ether oxygens (including phenoxy) is 1. The molecule has 0 saturated carbocycles. The Balaban J connectivity index is 3.25. The number of aryl methyl sites for hydroxylation is 1. The fourth-order valence-corrected chi connectivity index (χ4v) is 1.60. The van der Waals surface area contributed by atoms with Gasteiger partial charge in [0.1, 0.15) is 5.75 Å². The van der Waals surface area contributed by atoms with Crippen molar-refractivity contribution < 1.29 is 4.74 Å². The van der Waals surface area contributed by atoms with E-state index in [9.17, 15) is 0 Å². The minimum atomic E-state index is 0.484. The lowest BCUT2D eigenvalue weighted by atomic mass is 9.99. The molecular weight excluding hydrogens is 174 g/mol. The maximum Gasteiger partial charge on any atom is 0.122 e. The van der Waals surface area contributed by atoms with Crippen molar-refractivity contribution in [3.05, 3.63) is 23.3 Å². The fraction of sp³-hybridized carbons (Fsp3) is 0.500. The zero-order valence-corrected chi connectivity index (χ0v) is 9.64. The van der Waals surface area contributed by atoms with E-state index >= 15 is 0 Å². The van der Waals surface area contributed by atoms with Crippen LogP contribution in [0.4, 0.5) is 5.69 Å². The van der Waals surface area contributed by atoms with Crippen LogP contribution in [0.3, 0.4) is 0 Å². The fourth-order valence-electron chi connectivity index (χ4n) is 1.60. The number of anilines is 1. The minimum absolute atomic E-state index is 0.484. The van der Waals surface area contributed by atoms with Gasteiger partial charge in [0.25, 0.3) is 0 Å². The Morgan fingerprint density at radius 2 is 1.93 bits per heavy atom. The number of rotatable bonds is 3. The molecule has 0 aliphatic heterocycles. The van der Waals surface area contributed by atoms with E-state index in [0.717, 1.165) is 5.75 Å². The SMILES string of the molecule is CNc1cc(C(C)C)c(OC)cc1C. The largest absolute Gasteiger partial charge is 0.496 e. The Morgan fingerprint density at radius 3 is 2.36 bits per heavy atom. The molecule has 0 atom stereocenters. The van der Waals surface area contributed by atoms with Gasteiger partial charge in [-0.2, -0.15) is 0 Å². The molecule has 0 unspecified atom stereocenters. The van der Waals surface area contributed by atoms with Crippen molar-refractivity contribution in [1.82, 2.24) is 0 Å². The molecule has 0 aliphatic carbocycles. The van der Waals surface area contributed by atoms with Gasteiger partial charge in [0.15, 0.2) is 0 Å². The van der Waals surface area contributed by atoms with Crippen molar-refractivity contribution >= 4 is 5.69 Å². The van der Waals surface area contributed by atoms with Crippen LogP contribution in [-0.2, 0) is 0 Å². The van der Waals surface area contributed by atoms with Crippen LogP contribution in [0, 0.1) is 6.92 Å². The molecule has 78 valence electrons. The lowest BCUT2D eigenvalue weighted by molar-refractivity contribution is 0.407. The third-order valence-electron chi connectivity index (χ3n) is 2.47. The van der Waals surface area contributed by atoms with Gasteiger partial charge >= 0.3 is 0 Å². The van der Waals surface area contributed by atoms with E-state index in [1.807, 2.05) is 7.05 Å². The van der Waals surface area contributed by atoms with Crippen molar-refractivity contribution in [2.45, 2.75) is 26.7 Å². The quantitative estimate of drug-likeness (QED) is 0.796. The summed E-state index contributed by atoms with van der Waals surface area (Å²) in [6.07, 6.45) is 0. The van der Waals surface area contributed by atoms with Crippen molar-refractivity contribution in [3.8, 4) is 5.75 Å². The van der Waals surface area contributed by atoms with Crippen LogP contribution in [0.2, 0.25) is 0 Å². The Kier molecular flexibility index (Phi) is 3.39. The number of benzene rings is 1. The average Bonchev–Trinajstić information content (AvgIpc) is 2.16. The molecule has 0 heterocycles. The predicted octanol–water partition coefficient (Wildman–Crippen LogP) is 3.17. The molecule has 2 heteroatoms. The highest BCUT2D eigenvalue weighted by Gasteiger charge is 2.09. The summed E-state index contributed by atoms with van der Waals surface area (Å²) < 4.78 is 5.36. The van der Waals surface area contributed by atoms with E-state index in [1.54, 1.807) is 7.11 Å². The second-order valence-corrected chi connectivity index (χ2v) is 3.81. The molecular formula is C12H19NO. The van der Waals surface area contributed by atoms with Gasteiger partial charge in [0, 0.05) is 12.7 Å². The van der Waals surface area contributed by atoms with Crippen molar-refractivity contribution in [2.75, 3.05) is 19.5 Å². The first-order valence-corrected chi connectivity index (χ1v) is 4.96. The summed E-state index contributed by atoms with van der Waals surface area (Å²) >= 11 is 0. The zero-order chi connectivity index (χ0) is 10.7. The molecule has 1 N–H and O–H groups in total. The third-order valence-corrected chi connectivity index (χ3v) is 2.47. The van der Waals surface area contributed by atoms with Crippen LogP contribution in [0.25, 0.3) is 0 Å². The number of methoxy groups -OCH3 is 1. The van der Waals surface area contributed by atoms with Gasteiger partial charge in [0.2, 0.25) is 0 Å². The molecule has 1 aromatic carbocycles. The van der Waals surface area contributed by atoms with Gasteiger partial charge in [-0.3, -0.25) is 0 Å². The van der Waals surface area contributed by atoms with Gasteiger partial charge in [-0.25, -0.2) is 0 Å². The minimum Gasteiger partial charge on any atom is -0.496 e. The Bertz CT molecular complexity index is 318. The summed E-state index contributed by atoms with van der Waals surface area (Å²) in [5.41, 5.74) is 3.64. The molecule has 0 bridgehead atoms. The number of hydrogen-bond acceptors (Lipinski definition) is 2. The average molecular weight is 193 g/mol. The van der Waals surface area contributed by atoms with E-state index in [2.05, 4.69) is 38.2 Å². The Labute approximate surface area is 86.3 Å². The van der Waals surface area contributed by atoms with E-state index < -0.39 is 0 Å². The van der Waals surface area contributed by atoms with Crippen molar-refractivity contribution in [1.29, 1.82) is 0 Å². The lowest BCUT2D eigenvalue weighted by Gasteiger charge is -2.15. The van der Waals surface area contributed by atoms with Crippen molar-refractivity contribution in [3.63, 3.8) is 0 Å². The zero-order valence-electron chi connectivity index (χ0n) is 9.64. The van der Waals surface area contributed by atoms with E-state index in [4.69, 9.17) is 4.74 Å². The topological polar surface area (TPSA) is 21.3 Å². The summed E-state index contributed by atoms with van der Waals surface area (Å²) in [5, 5.41) is 3.19. The molecule has 0 amide bonds. The predicted molar refractivity (Wildman–Crippen MR) is 61.4 cm³/mol. The maximum absolute atomic E-state index is 5.36. The van der Waals surface area contributed by atoms with Crippen molar-refractivity contribution in [2.24, 2.45) is 0 Å². The monoisotopic (exact) mass is 193 g/mol. The normalized spacial score (nSPS) is 10.4. The standard InChI is InChI=1S/C12H19NO/c1-8(2)10-7-11(13-4)9(3)6-12(10)14-5/h6-8,13H,1-5H3. The molecule has 0 spiro atoms. The van der Waals surface area contributed by atoms with E-state index in [0.29, 0.717) is 5.92 Å². The Morgan fingerprint density at radius 1 is 1.29 bits per heavy atom. The molecule has 1 rings (SSSR count). The molecule has 2 nitrogen and oxygen atoms in total. The molecule has 0 fully saturated rings. The maximum atomic E-state index is 5.36. The van der Waals surface area contributed by atoms with Crippen LogP contribution >= 0.6 is 0 Å². The molecule has 14 heavy (non-hydrogen) atoms.